The Morgan fingerprint density at radius 2 is 2.15 bits per heavy atom. The number of nitriles is 1. The molecule has 2 aromatic rings. The van der Waals surface area contributed by atoms with Crippen LogP contribution in [0.1, 0.15) is 23.7 Å². The lowest BCUT2D eigenvalue weighted by atomic mass is 10.1. The van der Waals surface area contributed by atoms with E-state index in [1.165, 1.54) is 0 Å². The molecule has 0 saturated carbocycles. The van der Waals surface area contributed by atoms with Crippen molar-refractivity contribution < 1.29 is 0 Å². The molecule has 136 valence electrons. The third-order valence-corrected chi connectivity index (χ3v) is 4.48. The van der Waals surface area contributed by atoms with Crippen molar-refractivity contribution in [2.45, 2.75) is 26.9 Å². The number of anilines is 1. The highest BCUT2D eigenvalue weighted by Gasteiger charge is 2.24. The van der Waals surface area contributed by atoms with Gasteiger partial charge in [-0.2, -0.15) is 10.4 Å². The van der Waals surface area contributed by atoms with Gasteiger partial charge in [-0.3, -0.25) is 15.1 Å². The second-order valence-corrected chi connectivity index (χ2v) is 6.28. The molecule has 3 heterocycles. The summed E-state index contributed by atoms with van der Waals surface area (Å²) in [5, 5.41) is 17.5. The number of aryl methyl sites for hydroxylation is 2. The van der Waals surface area contributed by atoms with Crippen molar-refractivity contribution in [1.82, 2.24) is 25.2 Å². The molecule has 27 heavy (non-hydrogen) atoms. The SMILES string of the molecule is CCn1cc(NN2C=NC3=CNN(Cc4ccccc4C#N)C3=C2)c(C)n1. The van der Waals surface area contributed by atoms with E-state index in [0.717, 1.165) is 34.9 Å². The predicted octanol–water partition coefficient (Wildman–Crippen LogP) is 2.46. The number of rotatable bonds is 5. The Morgan fingerprint density at radius 3 is 2.93 bits per heavy atom. The number of hydrazine groups is 2. The number of aliphatic imine (C=N–C) groups is 1. The molecule has 0 saturated heterocycles. The van der Waals surface area contributed by atoms with Gasteiger partial charge in [0, 0.05) is 12.7 Å². The summed E-state index contributed by atoms with van der Waals surface area (Å²) < 4.78 is 1.89. The van der Waals surface area contributed by atoms with Crippen molar-refractivity contribution in [2.24, 2.45) is 4.99 Å². The van der Waals surface area contributed by atoms with E-state index in [1.54, 1.807) is 6.34 Å². The molecule has 1 aromatic carbocycles. The number of nitrogens with one attached hydrogen (secondary N) is 2. The van der Waals surface area contributed by atoms with Gasteiger partial charge in [0.05, 0.1) is 42.0 Å². The molecule has 0 fully saturated rings. The summed E-state index contributed by atoms with van der Waals surface area (Å²) in [5.41, 5.74) is 11.8. The third kappa shape index (κ3) is 3.22. The highest BCUT2D eigenvalue weighted by Crippen LogP contribution is 2.26. The van der Waals surface area contributed by atoms with Crippen molar-refractivity contribution in [1.29, 1.82) is 5.26 Å². The maximum absolute atomic E-state index is 9.31. The van der Waals surface area contributed by atoms with Crippen LogP contribution in [0.2, 0.25) is 0 Å². The molecule has 4 rings (SSSR count). The molecule has 0 unspecified atom stereocenters. The molecule has 2 aliphatic heterocycles. The predicted molar refractivity (Wildman–Crippen MR) is 103 cm³/mol. The van der Waals surface area contributed by atoms with Crippen LogP contribution in [-0.4, -0.2) is 26.1 Å². The summed E-state index contributed by atoms with van der Waals surface area (Å²) in [6.07, 6.45) is 7.53. The first-order valence-corrected chi connectivity index (χ1v) is 8.75. The Kier molecular flexibility index (Phi) is 4.26. The first-order valence-electron chi connectivity index (χ1n) is 8.75. The molecule has 0 aliphatic carbocycles. The smallest absolute Gasteiger partial charge is 0.115 e. The van der Waals surface area contributed by atoms with Gasteiger partial charge in [0.25, 0.3) is 0 Å². The molecular weight excluding hydrogens is 340 g/mol. The normalized spacial score (nSPS) is 15.0. The van der Waals surface area contributed by atoms with Gasteiger partial charge in [-0.05, 0) is 25.5 Å². The number of hydrogen-bond acceptors (Lipinski definition) is 7. The van der Waals surface area contributed by atoms with Gasteiger partial charge in [-0.1, -0.05) is 18.2 Å². The van der Waals surface area contributed by atoms with Crippen LogP contribution >= 0.6 is 0 Å². The van der Waals surface area contributed by atoms with Gasteiger partial charge >= 0.3 is 0 Å². The van der Waals surface area contributed by atoms with Crippen LogP contribution in [0, 0.1) is 18.3 Å². The quantitative estimate of drug-likeness (QED) is 0.852. The monoisotopic (exact) mass is 360 g/mol. The first kappa shape index (κ1) is 16.7. The summed E-state index contributed by atoms with van der Waals surface area (Å²) in [6, 6.07) is 9.85. The number of benzene rings is 1. The summed E-state index contributed by atoms with van der Waals surface area (Å²) in [7, 11) is 0. The minimum absolute atomic E-state index is 0.561. The molecule has 8 nitrogen and oxygen atoms in total. The summed E-state index contributed by atoms with van der Waals surface area (Å²) in [6.45, 7) is 5.40. The van der Waals surface area contributed by atoms with Gasteiger partial charge in [0.2, 0.25) is 0 Å². The Balaban J connectivity index is 1.53. The molecule has 2 aliphatic rings. The van der Waals surface area contributed by atoms with Crippen LogP contribution in [0.5, 0.6) is 0 Å². The largest absolute Gasteiger partial charge is 0.303 e. The first-order chi connectivity index (χ1) is 13.2. The number of hydrogen-bond donors (Lipinski definition) is 2. The van der Waals surface area contributed by atoms with Gasteiger partial charge in [0.1, 0.15) is 17.7 Å². The molecule has 2 N–H and O–H groups in total. The highest BCUT2D eigenvalue weighted by atomic mass is 15.6. The molecule has 0 bridgehead atoms. The molecule has 1 aromatic heterocycles. The van der Waals surface area contributed by atoms with Crippen LogP contribution in [0.4, 0.5) is 5.69 Å². The fourth-order valence-corrected chi connectivity index (χ4v) is 3.01. The second-order valence-electron chi connectivity index (χ2n) is 6.28. The molecule has 0 radical (unpaired) electrons. The van der Waals surface area contributed by atoms with E-state index in [-0.39, 0.29) is 0 Å². The average Bonchev–Trinajstić information content (AvgIpc) is 3.25. The van der Waals surface area contributed by atoms with E-state index < -0.39 is 0 Å². The standard InChI is InChI=1S/C19H20N8/c1-3-25-11-18(14(2)23-25)24-26-12-19-17(21-13-26)9-22-27(19)10-16-7-5-4-6-15(16)8-20/h4-7,9,11-13,22,24H,3,10H2,1-2H3. The zero-order chi connectivity index (χ0) is 18.8. The summed E-state index contributed by atoms with van der Waals surface area (Å²) in [5.74, 6) is 0. The Bertz CT molecular complexity index is 991. The van der Waals surface area contributed by atoms with E-state index in [4.69, 9.17) is 0 Å². The molecule has 0 spiro atoms. The number of fused-ring (bicyclic) bond motifs is 1. The summed E-state index contributed by atoms with van der Waals surface area (Å²) >= 11 is 0. The van der Waals surface area contributed by atoms with Crippen LogP contribution in [0.3, 0.4) is 0 Å². The molecule has 0 amide bonds. The fourth-order valence-electron chi connectivity index (χ4n) is 3.01. The van der Waals surface area contributed by atoms with Crippen LogP contribution in [0.15, 0.2) is 59.2 Å². The Labute approximate surface area is 157 Å². The van der Waals surface area contributed by atoms with Gasteiger partial charge in [0.15, 0.2) is 0 Å². The number of aromatic nitrogens is 2. The second kappa shape index (κ2) is 6.88. The minimum Gasteiger partial charge on any atom is -0.303 e. The molecular formula is C19H20N8. The molecule has 8 heteroatoms. The Hall–Kier alpha value is -3.73. The van der Waals surface area contributed by atoms with Gasteiger partial charge < -0.3 is 5.43 Å². The average molecular weight is 360 g/mol. The summed E-state index contributed by atoms with van der Waals surface area (Å²) in [4.78, 5) is 4.49. The maximum atomic E-state index is 9.31. The van der Waals surface area contributed by atoms with Crippen molar-refractivity contribution in [3.8, 4) is 6.07 Å². The van der Waals surface area contributed by atoms with E-state index in [9.17, 15) is 5.26 Å². The zero-order valence-electron chi connectivity index (χ0n) is 15.2. The third-order valence-electron chi connectivity index (χ3n) is 4.48. The van der Waals surface area contributed by atoms with Crippen molar-refractivity contribution in [3.05, 3.63) is 71.1 Å². The lowest BCUT2D eigenvalue weighted by molar-refractivity contribution is 0.298. The lowest BCUT2D eigenvalue weighted by Crippen LogP contribution is -2.33. The van der Waals surface area contributed by atoms with Crippen molar-refractivity contribution in [3.63, 3.8) is 0 Å². The van der Waals surface area contributed by atoms with Crippen LogP contribution in [0.25, 0.3) is 0 Å². The highest BCUT2D eigenvalue weighted by molar-refractivity contribution is 5.66. The van der Waals surface area contributed by atoms with Crippen LogP contribution < -0.4 is 10.9 Å². The van der Waals surface area contributed by atoms with Crippen molar-refractivity contribution in [2.75, 3.05) is 5.43 Å². The topological polar surface area (TPSA) is 84.5 Å². The zero-order valence-corrected chi connectivity index (χ0v) is 15.2. The maximum Gasteiger partial charge on any atom is 0.115 e. The van der Waals surface area contributed by atoms with Crippen molar-refractivity contribution >= 4 is 12.0 Å². The van der Waals surface area contributed by atoms with E-state index in [0.29, 0.717) is 12.1 Å². The van der Waals surface area contributed by atoms with E-state index in [1.807, 2.05) is 64.5 Å². The molecule has 0 atom stereocenters. The van der Waals surface area contributed by atoms with Gasteiger partial charge in [-0.25, -0.2) is 10.0 Å². The number of nitrogens with zero attached hydrogens (tertiary/aromatic N) is 6. The van der Waals surface area contributed by atoms with Gasteiger partial charge in [-0.15, -0.1) is 0 Å². The van der Waals surface area contributed by atoms with E-state index >= 15 is 0 Å². The Morgan fingerprint density at radius 1 is 1.30 bits per heavy atom. The van der Waals surface area contributed by atoms with Crippen LogP contribution in [-0.2, 0) is 13.1 Å². The fraction of sp³-hybridized carbons (Fsp3) is 0.211. The van der Waals surface area contributed by atoms with E-state index in [2.05, 4.69) is 33.9 Å². The lowest BCUT2D eigenvalue weighted by Gasteiger charge is -2.26. The minimum atomic E-state index is 0.561.